The molecule has 122 valence electrons. The minimum atomic E-state index is -0.115. The number of carbonyl (C=O) groups excluding carboxylic acids is 1. The number of aryl methyl sites for hydroxylation is 1. The fourth-order valence-electron chi connectivity index (χ4n) is 2.13. The van der Waals surface area contributed by atoms with E-state index in [0.717, 1.165) is 22.6 Å². The zero-order valence-electron chi connectivity index (χ0n) is 13.2. The number of hydrogen-bond donors (Lipinski definition) is 1. The smallest absolute Gasteiger partial charge is 0.229 e. The van der Waals surface area contributed by atoms with Crippen LogP contribution in [-0.2, 0) is 4.79 Å². The van der Waals surface area contributed by atoms with Crippen molar-refractivity contribution < 1.29 is 9.53 Å². The molecular weight excluding hydrogens is 322 g/mol. The van der Waals surface area contributed by atoms with Gasteiger partial charge in [-0.3, -0.25) is 9.78 Å². The molecule has 0 atom stereocenters. The molecule has 1 amide bonds. The molecule has 2 aromatic heterocycles. The van der Waals surface area contributed by atoms with Crippen LogP contribution in [0, 0.1) is 6.92 Å². The third-order valence-corrected chi connectivity index (χ3v) is 4.15. The van der Waals surface area contributed by atoms with Crippen LogP contribution >= 0.6 is 11.3 Å². The topological polar surface area (TPSA) is 64.1 Å². The number of anilines is 1. The van der Waals surface area contributed by atoms with E-state index in [9.17, 15) is 4.79 Å². The third-order valence-electron chi connectivity index (χ3n) is 3.39. The number of para-hydroxylation sites is 1. The van der Waals surface area contributed by atoms with Gasteiger partial charge in [0.25, 0.3) is 0 Å². The van der Waals surface area contributed by atoms with E-state index in [1.165, 1.54) is 11.3 Å². The van der Waals surface area contributed by atoms with Gasteiger partial charge in [-0.2, -0.15) is 0 Å². The van der Waals surface area contributed by atoms with Gasteiger partial charge < -0.3 is 10.1 Å². The number of nitrogens with one attached hydrogen (secondary N) is 1. The number of benzene rings is 1. The van der Waals surface area contributed by atoms with Crippen molar-refractivity contribution >= 4 is 22.4 Å². The predicted octanol–water partition coefficient (Wildman–Crippen LogP) is 3.92. The van der Waals surface area contributed by atoms with Gasteiger partial charge in [0.2, 0.25) is 5.91 Å². The molecule has 0 saturated heterocycles. The lowest BCUT2D eigenvalue weighted by Crippen LogP contribution is -2.15. The average Bonchev–Trinajstić information content (AvgIpc) is 3.06. The molecule has 0 spiro atoms. The molecule has 0 radical (unpaired) electrons. The van der Waals surface area contributed by atoms with Gasteiger partial charge in [-0.1, -0.05) is 18.2 Å². The molecular formula is C18H17N3O2S. The van der Waals surface area contributed by atoms with Gasteiger partial charge in [-0.25, -0.2) is 4.98 Å². The first-order valence-electron chi connectivity index (χ1n) is 7.56. The second-order valence-corrected chi connectivity index (χ2v) is 6.05. The van der Waals surface area contributed by atoms with Crippen LogP contribution in [0.25, 0.3) is 11.3 Å². The van der Waals surface area contributed by atoms with Crippen LogP contribution in [0.3, 0.4) is 0 Å². The Morgan fingerprint density at radius 3 is 2.92 bits per heavy atom. The summed E-state index contributed by atoms with van der Waals surface area (Å²) in [5, 5.41) is 5.28. The van der Waals surface area contributed by atoms with Crippen LogP contribution in [0.1, 0.15) is 12.0 Å². The molecule has 6 heteroatoms. The molecule has 24 heavy (non-hydrogen) atoms. The lowest BCUT2D eigenvalue weighted by Gasteiger charge is -2.08. The van der Waals surface area contributed by atoms with Gasteiger partial charge in [0.05, 0.1) is 18.7 Å². The van der Waals surface area contributed by atoms with Crippen LogP contribution in [-0.4, -0.2) is 22.5 Å². The number of nitrogens with zero attached hydrogens (tertiary/aromatic N) is 2. The number of hydrogen-bond acceptors (Lipinski definition) is 5. The van der Waals surface area contributed by atoms with Crippen molar-refractivity contribution in [1.82, 2.24) is 9.97 Å². The zero-order chi connectivity index (χ0) is 16.8. The van der Waals surface area contributed by atoms with E-state index in [4.69, 9.17) is 4.74 Å². The molecule has 3 aromatic rings. The van der Waals surface area contributed by atoms with Crippen molar-refractivity contribution in [1.29, 1.82) is 0 Å². The van der Waals surface area contributed by atoms with Crippen molar-refractivity contribution in [2.24, 2.45) is 0 Å². The fraction of sp³-hybridized carbons (Fsp3) is 0.167. The van der Waals surface area contributed by atoms with Gasteiger partial charge in [0, 0.05) is 23.3 Å². The summed E-state index contributed by atoms with van der Waals surface area (Å²) < 4.78 is 5.63. The molecule has 0 bridgehead atoms. The number of aromatic nitrogens is 2. The maximum absolute atomic E-state index is 12.0. The number of carbonyl (C=O) groups is 1. The van der Waals surface area contributed by atoms with Gasteiger partial charge in [0.15, 0.2) is 5.13 Å². The lowest BCUT2D eigenvalue weighted by atomic mass is 10.2. The molecule has 0 aliphatic carbocycles. The van der Waals surface area contributed by atoms with E-state index in [0.29, 0.717) is 11.7 Å². The third kappa shape index (κ3) is 4.17. The first-order valence-corrected chi connectivity index (χ1v) is 8.44. The highest BCUT2D eigenvalue weighted by Gasteiger charge is 2.08. The summed E-state index contributed by atoms with van der Waals surface area (Å²) in [5.74, 6) is 0.689. The Hall–Kier alpha value is -2.73. The summed E-state index contributed by atoms with van der Waals surface area (Å²) in [7, 11) is 0. The molecule has 1 N–H and O–H groups in total. The van der Waals surface area contributed by atoms with E-state index >= 15 is 0 Å². The van der Waals surface area contributed by atoms with Crippen molar-refractivity contribution in [3.63, 3.8) is 0 Å². The minimum Gasteiger partial charge on any atom is -0.493 e. The second kappa shape index (κ2) is 7.70. The molecule has 5 nitrogen and oxygen atoms in total. The SMILES string of the molecule is Cc1ccccc1OCCC(=O)Nc1nc(-c2cccnc2)cs1. The molecule has 0 unspecified atom stereocenters. The number of amides is 1. The number of thiazole rings is 1. The number of ether oxygens (including phenoxy) is 1. The normalized spacial score (nSPS) is 10.4. The maximum Gasteiger partial charge on any atom is 0.229 e. The van der Waals surface area contributed by atoms with E-state index in [1.807, 2.05) is 48.7 Å². The van der Waals surface area contributed by atoms with Crippen LogP contribution in [0.4, 0.5) is 5.13 Å². The molecule has 0 saturated carbocycles. The molecule has 0 fully saturated rings. The Bertz CT molecular complexity index is 818. The average molecular weight is 339 g/mol. The van der Waals surface area contributed by atoms with Crippen molar-refractivity contribution in [2.45, 2.75) is 13.3 Å². The lowest BCUT2D eigenvalue weighted by molar-refractivity contribution is -0.116. The highest BCUT2D eigenvalue weighted by atomic mass is 32.1. The predicted molar refractivity (Wildman–Crippen MR) is 95.3 cm³/mol. The van der Waals surface area contributed by atoms with Crippen LogP contribution in [0.5, 0.6) is 5.75 Å². The Kier molecular flexibility index (Phi) is 5.18. The van der Waals surface area contributed by atoms with Crippen LogP contribution in [0.2, 0.25) is 0 Å². The first kappa shape index (κ1) is 16.1. The summed E-state index contributed by atoms with van der Waals surface area (Å²) in [5.41, 5.74) is 2.79. The van der Waals surface area contributed by atoms with Crippen LogP contribution in [0.15, 0.2) is 54.2 Å². The summed E-state index contributed by atoms with van der Waals surface area (Å²) >= 11 is 1.39. The van der Waals surface area contributed by atoms with Crippen LogP contribution < -0.4 is 10.1 Å². The number of pyridine rings is 1. The van der Waals surface area contributed by atoms with Gasteiger partial charge in [0.1, 0.15) is 5.75 Å². The molecule has 0 aliphatic rings. The molecule has 3 rings (SSSR count). The van der Waals surface area contributed by atoms with Crippen molar-refractivity contribution in [3.8, 4) is 17.0 Å². The number of rotatable bonds is 6. The highest BCUT2D eigenvalue weighted by Crippen LogP contribution is 2.24. The van der Waals surface area contributed by atoms with Gasteiger partial charge >= 0.3 is 0 Å². The standard InChI is InChI=1S/C18H17N3O2S/c1-13-5-2-3-7-16(13)23-10-8-17(22)21-18-20-15(12-24-18)14-6-4-9-19-11-14/h2-7,9,11-12H,8,10H2,1H3,(H,20,21,22). The second-order valence-electron chi connectivity index (χ2n) is 5.19. The quantitative estimate of drug-likeness (QED) is 0.739. The molecule has 0 aliphatic heterocycles. The molecule has 2 heterocycles. The first-order chi connectivity index (χ1) is 11.7. The van der Waals surface area contributed by atoms with E-state index in [1.54, 1.807) is 12.4 Å². The Morgan fingerprint density at radius 1 is 1.25 bits per heavy atom. The van der Waals surface area contributed by atoms with Gasteiger partial charge in [-0.05, 0) is 30.7 Å². The summed E-state index contributed by atoms with van der Waals surface area (Å²) in [4.78, 5) is 20.5. The minimum absolute atomic E-state index is 0.115. The molecule has 1 aromatic carbocycles. The Balaban J connectivity index is 1.51. The van der Waals surface area contributed by atoms with Gasteiger partial charge in [-0.15, -0.1) is 11.3 Å². The fourth-order valence-corrected chi connectivity index (χ4v) is 2.87. The Morgan fingerprint density at radius 2 is 2.12 bits per heavy atom. The maximum atomic E-state index is 12.0. The zero-order valence-corrected chi connectivity index (χ0v) is 14.0. The summed E-state index contributed by atoms with van der Waals surface area (Å²) in [6, 6.07) is 11.5. The Labute approximate surface area is 144 Å². The van der Waals surface area contributed by atoms with E-state index in [2.05, 4.69) is 15.3 Å². The summed E-state index contributed by atoms with van der Waals surface area (Å²) in [6.45, 7) is 2.31. The van der Waals surface area contributed by atoms with Crippen molar-refractivity contribution in [2.75, 3.05) is 11.9 Å². The highest BCUT2D eigenvalue weighted by molar-refractivity contribution is 7.14. The van der Waals surface area contributed by atoms with E-state index < -0.39 is 0 Å². The van der Waals surface area contributed by atoms with E-state index in [-0.39, 0.29) is 12.3 Å². The van der Waals surface area contributed by atoms with Crippen molar-refractivity contribution in [3.05, 3.63) is 59.7 Å². The monoisotopic (exact) mass is 339 g/mol. The largest absolute Gasteiger partial charge is 0.493 e. The summed E-state index contributed by atoms with van der Waals surface area (Å²) in [6.07, 6.45) is 3.74.